The number of ether oxygens (including phenoxy) is 1. The van der Waals surface area contributed by atoms with E-state index < -0.39 is 5.97 Å². The molecule has 0 bridgehead atoms. The summed E-state index contributed by atoms with van der Waals surface area (Å²) in [4.78, 5) is 11.8. The number of hydrogen-bond donors (Lipinski definition) is 2. The third-order valence-electron chi connectivity index (χ3n) is 4.22. The lowest BCUT2D eigenvalue weighted by Gasteiger charge is -2.09. The first kappa shape index (κ1) is 22.7. The summed E-state index contributed by atoms with van der Waals surface area (Å²) in [5, 5.41) is 17.8. The molecule has 0 heterocycles. The molecule has 0 amide bonds. The summed E-state index contributed by atoms with van der Waals surface area (Å²) >= 11 is 7.80. The van der Waals surface area contributed by atoms with Gasteiger partial charge in [0.05, 0.1) is 18.7 Å². The molecule has 0 atom stereocenters. The fraction of sp³-hybridized carbons (Fsp3) is 0.174. The highest BCUT2D eigenvalue weighted by Gasteiger charge is 2.06. The van der Waals surface area contributed by atoms with Gasteiger partial charge in [0.15, 0.2) is 0 Å². The number of anilines is 1. The standard InChI is InChI=1S/C23H22ClN3O3S/c24-17-8-11-22(21(15-17)27-26-20-5-2-1-4-19(20)25)30-12-3-13-31-18-9-6-16(7-10-18)14-23(28)29/h1-2,4-11,15H,3,12-14,25H2,(H,28,29). The van der Waals surface area contributed by atoms with Gasteiger partial charge in [-0.2, -0.15) is 0 Å². The minimum atomic E-state index is -0.828. The van der Waals surface area contributed by atoms with E-state index in [1.54, 1.807) is 42.1 Å². The molecule has 8 heteroatoms. The Hall–Kier alpha value is -3.03. The van der Waals surface area contributed by atoms with Crippen LogP contribution < -0.4 is 10.5 Å². The minimum Gasteiger partial charge on any atom is -0.491 e. The largest absolute Gasteiger partial charge is 0.491 e. The maximum Gasteiger partial charge on any atom is 0.307 e. The summed E-state index contributed by atoms with van der Waals surface area (Å²) in [5.41, 5.74) is 8.36. The highest BCUT2D eigenvalue weighted by molar-refractivity contribution is 7.99. The van der Waals surface area contributed by atoms with Gasteiger partial charge in [0.2, 0.25) is 0 Å². The Labute approximate surface area is 190 Å². The van der Waals surface area contributed by atoms with Crippen LogP contribution in [0.1, 0.15) is 12.0 Å². The van der Waals surface area contributed by atoms with Crippen LogP contribution in [0.25, 0.3) is 0 Å². The zero-order valence-electron chi connectivity index (χ0n) is 16.7. The Morgan fingerprint density at radius 3 is 2.52 bits per heavy atom. The number of thioether (sulfide) groups is 1. The van der Waals surface area contributed by atoms with Gasteiger partial charge in [-0.25, -0.2) is 0 Å². The normalized spacial score (nSPS) is 11.0. The van der Waals surface area contributed by atoms with Gasteiger partial charge in [0.1, 0.15) is 17.1 Å². The Bertz CT molecular complexity index is 1060. The zero-order chi connectivity index (χ0) is 22.1. The molecule has 160 valence electrons. The van der Waals surface area contributed by atoms with Crippen molar-refractivity contribution in [3.63, 3.8) is 0 Å². The number of carbonyl (C=O) groups is 1. The lowest BCUT2D eigenvalue weighted by atomic mass is 10.2. The van der Waals surface area contributed by atoms with Gasteiger partial charge >= 0.3 is 5.97 Å². The molecule has 0 unspecified atom stereocenters. The van der Waals surface area contributed by atoms with Crippen LogP contribution in [0.5, 0.6) is 5.75 Å². The number of azo groups is 1. The fourth-order valence-corrected chi connectivity index (χ4v) is 3.68. The Balaban J connectivity index is 1.51. The van der Waals surface area contributed by atoms with Gasteiger partial charge in [-0.15, -0.1) is 22.0 Å². The van der Waals surface area contributed by atoms with E-state index in [4.69, 9.17) is 27.2 Å². The molecule has 0 aliphatic carbocycles. The van der Waals surface area contributed by atoms with Crippen LogP contribution in [0.2, 0.25) is 5.02 Å². The smallest absolute Gasteiger partial charge is 0.307 e. The molecule has 0 saturated carbocycles. The van der Waals surface area contributed by atoms with E-state index in [-0.39, 0.29) is 6.42 Å². The van der Waals surface area contributed by atoms with Crippen molar-refractivity contribution in [3.05, 3.63) is 77.3 Å². The first-order valence-electron chi connectivity index (χ1n) is 9.63. The van der Waals surface area contributed by atoms with Crippen molar-refractivity contribution in [1.29, 1.82) is 0 Å². The van der Waals surface area contributed by atoms with Crippen LogP contribution in [0.3, 0.4) is 0 Å². The predicted octanol–water partition coefficient (Wildman–Crippen LogP) is 6.53. The van der Waals surface area contributed by atoms with Gasteiger partial charge in [0.25, 0.3) is 0 Å². The third-order valence-corrected chi connectivity index (χ3v) is 5.55. The van der Waals surface area contributed by atoms with Crippen LogP contribution in [0.4, 0.5) is 17.1 Å². The van der Waals surface area contributed by atoms with Gasteiger partial charge in [0, 0.05) is 15.7 Å². The van der Waals surface area contributed by atoms with E-state index in [1.807, 2.05) is 36.4 Å². The highest BCUT2D eigenvalue weighted by Crippen LogP contribution is 2.33. The average Bonchev–Trinajstić information content (AvgIpc) is 2.75. The lowest BCUT2D eigenvalue weighted by Crippen LogP contribution is -2.00. The molecular weight excluding hydrogens is 434 g/mol. The lowest BCUT2D eigenvalue weighted by molar-refractivity contribution is -0.136. The van der Waals surface area contributed by atoms with Crippen LogP contribution >= 0.6 is 23.4 Å². The highest BCUT2D eigenvalue weighted by atomic mass is 35.5. The van der Waals surface area contributed by atoms with Gasteiger partial charge in [-0.05, 0) is 54.4 Å². The monoisotopic (exact) mass is 455 g/mol. The van der Waals surface area contributed by atoms with Crippen molar-refractivity contribution in [3.8, 4) is 5.75 Å². The summed E-state index contributed by atoms with van der Waals surface area (Å²) in [6.07, 6.45) is 0.864. The number of carboxylic acids is 1. The molecule has 0 aliphatic heterocycles. The third kappa shape index (κ3) is 7.31. The first-order valence-corrected chi connectivity index (χ1v) is 11.0. The number of halogens is 1. The number of rotatable bonds is 10. The zero-order valence-corrected chi connectivity index (χ0v) is 18.3. The minimum absolute atomic E-state index is 0.0381. The maximum absolute atomic E-state index is 10.7. The molecule has 31 heavy (non-hydrogen) atoms. The quantitative estimate of drug-likeness (QED) is 0.157. The average molecular weight is 456 g/mol. The fourth-order valence-electron chi connectivity index (χ4n) is 2.69. The van der Waals surface area contributed by atoms with Crippen molar-refractivity contribution >= 4 is 46.4 Å². The number of aliphatic carboxylic acids is 1. The van der Waals surface area contributed by atoms with Crippen molar-refractivity contribution in [2.45, 2.75) is 17.7 Å². The topological polar surface area (TPSA) is 97.3 Å². The van der Waals surface area contributed by atoms with Crippen LogP contribution in [-0.4, -0.2) is 23.4 Å². The number of carboxylic acid groups (broad SMARTS) is 1. The van der Waals surface area contributed by atoms with Crippen LogP contribution in [0, 0.1) is 0 Å². The SMILES string of the molecule is Nc1ccccc1N=Nc1cc(Cl)ccc1OCCCSc1ccc(CC(=O)O)cc1. The molecule has 0 saturated heterocycles. The molecule has 3 aromatic carbocycles. The van der Waals surface area contributed by atoms with Crippen molar-refractivity contribution in [1.82, 2.24) is 0 Å². The summed E-state index contributed by atoms with van der Waals surface area (Å²) in [6.45, 7) is 0.516. The Kier molecular flexibility index (Phi) is 8.32. The number of nitrogens with zero attached hydrogens (tertiary/aromatic N) is 2. The number of nitrogens with two attached hydrogens (primary N) is 1. The molecular formula is C23H22ClN3O3S. The second-order valence-electron chi connectivity index (χ2n) is 6.64. The Morgan fingerprint density at radius 2 is 1.77 bits per heavy atom. The number of para-hydroxylation sites is 1. The molecule has 3 N–H and O–H groups in total. The second kappa shape index (κ2) is 11.4. The number of benzene rings is 3. The summed E-state index contributed by atoms with van der Waals surface area (Å²) < 4.78 is 5.89. The first-order chi connectivity index (χ1) is 15.0. The second-order valence-corrected chi connectivity index (χ2v) is 8.24. The molecule has 0 spiro atoms. The van der Waals surface area contributed by atoms with E-state index in [2.05, 4.69) is 10.2 Å². The van der Waals surface area contributed by atoms with E-state index in [0.717, 1.165) is 22.6 Å². The molecule has 0 aliphatic rings. The molecule has 3 rings (SSSR count). The molecule has 0 radical (unpaired) electrons. The van der Waals surface area contributed by atoms with Crippen LogP contribution in [-0.2, 0) is 11.2 Å². The molecule has 3 aromatic rings. The van der Waals surface area contributed by atoms with E-state index in [0.29, 0.717) is 34.4 Å². The molecule has 0 aromatic heterocycles. The van der Waals surface area contributed by atoms with Gasteiger partial charge < -0.3 is 15.6 Å². The van der Waals surface area contributed by atoms with E-state index >= 15 is 0 Å². The summed E-state index contributed by atoms with van der Waals surface area (Å²) in [7, 11) is 0. The Morgan fingerprint density at radius 1 is 1.03 bits per heavy atom. The molecule has 6 nitrogen and oxygen atoms in total. The van der Waals surface area contributed by atoms with Crippen molar-refractivity contribution in [2.75, 3.05) is 18.1 Å². The number of nitrogen functional groups attached to an aromatic ring is 1. The van der Waals surface area contributed by atoms with E-state index in [1.165, 1.54) is 0 Å². The maximum atomic E-state index is 10.7. The van der Waals surface area contributed by atoms with Crippen molar-refractivity contribution in [2.24, 2.45) is 10.2 Å². The summed E-state index contributed by atoms with van der Waals surface area (Å²) in [5.74, 6) is 0.639. The number of hydrogen-bond acceptors (Lipinski definition) is 6. The van der Waals surface area contributed by atoms with Crippen molar-refractivity contribution < 1.29 is 14.6 Å². The predicted molar refractivity (Wildman–Crippen MR) is 125 cm³/mol. The van der Waals surface area contributed by atoms with Crippen LogP contribution in [0.15, 0.2) is 81.9 Å². The van der Waals surface area contributed by atoms with Gasteiger partial charge in [-0.3, -0.25) is 4.79 Å². The summed E-state index contributed by atoms with van der Waals surface area (Å²) in [6, 6.07) is 20.0. The molecule has 0 fully saturated rings. The van der Waals surface area contributed by atoms with Gasteiger partial charge in [-0.1, -0.05) is 35.9 Å². The van der Waals surface area contributed by atoms with E-state index in [9.17, 15) is 4.79 Å².